The van der Waals surface area contributed by atoms with Crippen molar-refractivity contribution in [1.82, 2.24) is 19.7 Å². The number of thioether (sulfide) groups is 1. The summed E-state index contributed by atoms with van der Waals surface area (Å²) in [7, 11) is 0. The zero-order valence-corrected chi connectivity index (χ0v) is 17.5. The topological polar surface area (TPSA) is 93.8 Å². The van der Waals surface area contributed by atoms with Crippen LogP contribution in [0, 0.1) is 6.92 Å². The van der Waals surface area contributed by atoms with Gasteiger partial charge in [0, 0.05) is 16.1 Å². The molecule has 0 saturated carbocycles. The van der Waals surface area contributed by atoms with E-state index in [1.165, 1.54) is 16.3 Å². The Morgan fingerprint density at radius 1 is 1.10 bits per heavy atom. The molecule has 2 aromatic carbocycles. The lowest BCUT2D eigenvalue weighted by molar-refractivity contribution is 0.391. The Morgan fingerprint density at radius 3 is 2.57 bits per heavy atom. The van der Waals surface area contributed by atoms with Crippen LogP contribution in [0.2, 0.25) is 5.02 Å². The van der Waals surface area contributed by atoms with E-state index in [2.05, 4.69) is 15.1 Å². The average Bonchev–Trinajstić information content (AvgIpc) is 3.23. The molecule has 0 saturated heterocycles. The van der Waals surface area contributed by atoms with Gasteiger partial charge in [-0.25, -0.2) is 4.79 Å². The Bertz CT molecular complexity index is 1280. The molecule has 4 rings (SSSR count). The molecule has 0 fully saturated rings. The van der Waals surface area contributed by atoms with Gasteiger partial charge < -0.3 is 9.51 Å². The van der Waals surface area contributed by atoms with E-state index in [-0.39, 0.29) is 12.1 Å². The van der Waals surface area contributed by atoms with Crippen molar-refractivity contribution in [2.45, 2.75) is 24.2 Å². The minimum absolute atomic E-state index is 0.217. The van der Waals surface area contributed by atoms with Gasteiger partial charge in [-0.05, 0) is 36.8 Å². The van der Waals surface area contributed by atoms with Gasteiger partial charge in [-0.1, -0.05) is 58.9 Å². The fourth-order valence-electron chi connectivity index (χ4n) is 2.87. The van der Waals surface area contributed by atoms with Crippen molar-refractivity contribution in [1.29, 1.82) is 0 Å². The zero-order chi connectivity index (χ0) is 21.1. The number of halogens is 1. The van der Waals surface area contributed by atoms with E-state index in [0.717, 1.165) is 11.1 Å². The molecule has 7 nitrogen and oxygen atoms in total. The quantitative estimate of drug-likeness (QED) is 0.361. The van der Waals surface area contributed by atoms with Crippen LogP contribution >= 0.6 is 23.4 Å². The third kappa shape index (κ3) is 4.39. The number of hydrogen-bond donors (Lipinski definition) is 1. The molecule has 30 heavy (non-hydrogen) atoms. The highest BCUT2D eigenvalue weighted by Crippen LogP contribution is 2.23. The van der Waals surface area contributed by atoms with Crippen LogP contribution in [0.5, 0.6) is 0 Å². The van der Waals surface area contributed by atoms with E-state index in [1.54, 1.807) is 31.2 Å². The predicted octanol–water partition coefficient (Wildman–Crippen LogP) is 3.89. The molecule has 2 heterocycles. The van der Waals surface area contributed by atoms with Crippen LogP contribution in [-0.4, -0.2) is 19.7 Å². The minimum Gasteiger partial charge on any atom is -0.338 e. The fourth-order valence-corrected chi connectivity index (χ4v) is 3.84. The van der Waals surface area contributed by atoms with E-state index in [4.69, 9.17) is 16.1 Å². The second-order valence-corrected chi connectivity index (χ2v) is 7.99. The largest absolute Gasteiger partial charge is 0.338 e. The number of nitrogens with one attached hydrogen (secondary N) is 1. The van der Waals surface area contributed by atoms with E-state index in [0.29, 0.717) is 33.1 Å². The van der Waals surface area contributed by atoms with Gasteiger partial charge in [-0.2, -0.15) is 4.98 Å². The molecule has 152 valence electrons. The SMILES string of the molecule is Cc1c(SCc2nc(-c3ccc(Cl)cc3)no2)[nH]c(=O)n(Cc2ccccc2)c1=O. The number of rotatable bonds is 6. The minimum atomic E-state index is -0.454. The lowest BCUT2D eigenvalue weighted by Gasteiger charge is -2.09. The molecule has 4 aromatic rings. The average molecular weight is 441 g/mol. The van der Waals surface area contributed by atoms with Gasteiger partial charge in [-0.3, -0.25) is 9.36 Å². The van der Waals surface area contributed by atoms with Crippen molar-refractivity contribution in [2.75, 3.05) is 0 Å². The van der Waals surface area contributed by atoms with E-state index < -0.39 is 5.69 Å². The highest BCUT2D eigenvalue weighted by atomic mass is 35.5. The summed E-state index contributed by atoms with van der Waals surface area (Å²) in [6.07, 6.45) is 0. The number of benzene rings is 2. The lowest BCUT2D eigenvalue weighted by Crippen LogP contribution is -2.37. The molecule has 0 amide bonds. The summed E-state index contributed by atoms with van der Waals surface area (Å²) < 4.78 is 6.48. The molecule has 0 unspecified atom stereocenters. The van der Waals surface area contributed by atoms with Gasteiger partial charge in [0.05, 0.1) is 17.3 Å². The summed E-state index contributed by atoms with van der Waals surface area (Å²) in [6.45, 7) is 1.91. The summed E-state index contributed by atoms with van der Waals surface area (Å²) in [5.74, 6) is 1.16. The Kier molecular flexibility index (Phi) is 5.87. The highest BCUT2D eigenvalue weighted by Gasteiger charge is 2.14. The van der Waals surface area contributed by atoms with Gasteiger partial charge in [0.25, 0.3) is 5.56 Å². The normalized spacial score (nSPS) is 11.0. The molecule has 0 aliphatic heterocycles. The zero-order valence-electron chi connectivity index (χ0n) is 16.0. The summed E-state index contributed by atoms with van der Waals surface area (Å²) in [6, 6.07) is 16.5. The lowest BCUT2D eigenvalue weighted by atomic mass is 10.2. The first-order chi connectivity index (χ1) is 14.5. The molecule has 0 bridgehead atoms. The standard InChI is InChI=1S/C21H17ClN4O3S/c1-13-19(24-21(28)26(20(13)27)11-14-5-3-2-4-6-14)30-12-17-23-18(25-29-17)15-7-9-16(22)10-8-15/h2-10H,11-12H2,1H3,(H,24,28). The first-order valence-electron chi connectivity index (χ1n) is 9.10. The van der Waals surface area contributed by atoms with Gasteiger partial charge in [-0.15, -0.1) is 0 Å². The Morgan fingerprint density at radius 2 is 1.83 bits per heavy atom. The second kappa shape index (κ2) is 8.73. The monoisotopic (exact) mass is 440 g/mol. The maximum atomic E-state index is 12.7. The van der Waals surface area contributed by atoms with Crippen molar-refractivity contribution >= 4 is 23.4 Å². The summed E-state index contributed by atoms with van der Waals surface area (Å²) in [4.78, 5) is 32.3. The van der Waals surface area contributed by atoms with Gasteiger partial charge in [0.15, 0.2) is 0 Å². The molecular weight excluding hydrogens is 424 g/mol. The summed E-state index contributed by atoms with van der Waals surface area (Å²) in [5.41, 5.74) is 1.35. The van der Waals surface area contributed by atoms with Crippen LogP contribution in [0.25, 0.3) is 11.4 Å². The maximum Gasteiger partial charge on any atom is 0.329 e. The number of hydrogen-bond acceptors (Lipinski definition) is 6. The van der Waals surface area contributed by atoms with Crippen molar-refractivity contribution in [3.8, 4) is 11.4 Å². The van der Waals surface area contributed by atoms with Crippen LogP contribution in [0.3, 0.4) is 0 Å². The van der Waals surface area contributed by atoms with Gasteiger partial charge >= 0.3 is 5.69 Å². The summed E-state index contributed by atoms with van der Waals surface area (Å²) in [5, 5.41) is 5.08. The highest BCUT2D eigenvalue weighted by molar-refractivity contribution is 7.98. The van der Waals surface area contributed by atoms with Crippen LogP contribution in [0.1, 0.15) is 17.0 Å². The number of aromatic nitrogens is 4. The molecular formula is C21H17ClN4O3S. The second-order valence-electron chi connectivity index (χ2n) is 6.57. The maximum absolute atomic E-state index is 12.7. The Balaban J connectivity index is 1.51. The van der Waals surface area contributed by atoms with Crippen LogP contribution in [-0.2, 0) is 12.3 Å². The molecule has 9 heteroatoms. The third-order valence-corrected chi connectivity index (χ3v) is 5.81. The predicted molar refractivity (Wildman–Crippen MR) is 116 cm³/mol. The van der Waals surface area contributed by atoms with Gasteiger partial charge in [0.1, 0.15) is 0 Å². The number of aromatic amines is 1. The fraction of sp³-hybridized carbons (Fsp3) is 0.143. The van der Waals surface area contributed by atoms with Crippen LogP contribution in [0.4, 0.5) is 0 Å². The van der Waals surface area contributed by atoms with Crippen molar-refractivity contribution in [3.05, 3.63) is 97.5 Å². The van der Waals surface area contributed by atoms with Crippen molar-refractivity contribution in [2.24, 2.45) is 0 Å². The van der Waals surface area contributed by atoms with Crippen molar-refractivity contribution < 1.29 is 4.52 Å². The van der Waals surface area contributed by atoms with Crippen molar-refractivity contribution in [3.63, 3.8) is 0 Å². The van der Waals surface area contributed by atoms with Crippen LogP contribution < -0.4 is 11.2 Å². The van der Waals surface area contributed by atoms with Gasteiger partial charge in [0.2, 0.25) is 11.7 Å². The van der Waals surface area contributed by atoms with E-state index in [9.17, 15) is 9.59 Å². The first-order valence-corrected chi connectivity index (χ1v) is 10.5. The molecule has 1 N–H and O–H groups in total. The molecule has 0 aliphatic rings. The molecule has 0 aliphatic carbocycles. The first kappa shape index (κ1) is 20.2. The molecule has 0 radical (unpaired) electrons. The van der Waals surface area contributed by atoms with E-state index in [1.807, 2.05) is 30.3 Å². The number of nitrogens with zero attached hydrogens (tertiary/aromatic N) is 3. The Hall–Kier alpha value is -3.10. The molecule has 0 spiro atoms. The van der Waals surface area contributed by atoms with Crippen LogP contribution in [0.15, 0.2) is 73.7 Å². The molecule has 0 atom stereocenters. The third-order valence-electron chi connectivity index (χ3n) is 4.47. The molecule has 2 aromatic heterocycles. The van der Waals surface area contributed by atoms with E-state index >= 15 is 0 Å². The number of H-pyrrole nitrogens is 1. The summed E-state index contributed by atoms with van der Waals surface area (Å²) >= 11 is 7.16. The Labute approximate surface area is 180 Å². The smallest absolute Gasteiger partial charge is 0.329 e.